The second kappa shape index (κ2) is 13.4. The van der Waals surface area contributed by atoms with Crippen molar-refractivity contribution < 1.29 is 52.7 Å². The SMILES string of the molecule is CC.CC.CC(C)(C(F)(F)F)C(F)(F)F.CC(c1ccc(-c2ccccc2)cc1)(C(F)(F)F)C(F)(F)F. The van der Waals surface area contributed by atoms with Crippen LogP contribution < -0.4 is 0 Å². The molecule has 2 aromatic rings. The zero-order valence-corrected chi connectivity index (χ0v) is 21.2. The lowest BCUT2D eigenvalue weighted by molar-refractivity contribution is -0.327. The van der Waals surface area contributed by atoms with Gasteiger partial charge in [0.05, 0.1) is 0 Å². The molecular weight excluding hydrogens is 528 g/mol. The molecule has 12 heteroatoms. The van der Waals surface area contributed by atoms with Gasteiger partial charge in [-0.3, -0.25) is 0 Å². The van der Waals surface area contributed by atoms with Crippen LogP contribution in [-0.4, -0.2) is 24.7 Å². The first-order chi connectivity index (χ1) is 16.6. The molecule has 0 radical (unpaired) electrons. The summed E-state index contributed by atoms with van der Waals surface area (Å²) < 4.78 is 148. The van der Waals surface area contributed by atoms with Crippen molar-refractivity contribution in [3.8, 4) is 11.1 Å². The third-order valence-corrected chi connectivity index (χ3v) is 5.12. The van der Waals surface area contributed by atoms with Gasteiger partial charge in [0.25, 0.3) is 0 Å². The number of hydrogen-bond donors (Lipinski definition) is 0. The second-order valence-electron chi connectivity index (χ2n) is 7.68. The number of benzene rings is 2. The third-order valence-electron chi connectivity index (χ3n) is 5.12. The number of halogens is 12. The normalized spacial score (nSPS) is 12.7. The monoisotopic (exact) mass is 558 g/mol. The summed E-state index contributed by atoms with van der Waals surface area (Å²) in [4.78, 5) is 0. The molecule has 0 bridgehead atoms. The van der Waals surface area contributed by atoms with Crippen molar-refractivity contribution in [3.05, 3.63) is 60.2 Å². The van der Waals surface area contributed by atoms with Gasteiger partial charge in [0.15, 0.2) is 10.8 Å². The standard InChI is InChI=1S/C16H12F6.C5H6F6.2C2H6/c1-14(15(17,18)19,16(20,21)22)13-9-7-12(8-10-13)11-5-3-2-4-6-11;1-3(2,4(6,7)8)5(9,10)11;2*1-2/h2-10H,1H3;1-2H3;2*1-2H3. The van der Waals surface area contributed by atoms with E-state index in [9.17, 15) is 52.7 Å². The Kier molecular flexibility index (Phi) is 13.3. The Balaban J connectivity index is 0. The summed E-state index contributed by atoms with van der Waals surface area (Å²) in [6, 6.07) is 13.0. The fourth-order valence-electron chi connectivity index (χ4n) is 2.28. The van der Waals surface area contributed by atoms with Gasteiger partial charge >= 0.3 is 24.7 Å². The van der Waals surface area contributed by atoms with Crippen LogP contribution in [0.3, 0.4) is 0 Å². The molecule has 0 aliphatic heterocycles. The molecule has 0 aromatic heterocycles. The Morgan fingerprint density at radius 3 is 0.946 bits per heavy atom. The molecule has 0 saturated carbocycles. The molecular formula is C25H30F12. The van der Waals surface area contributed by atoms with E-state index >= 15 is 0 Å². The molecule has 0 nitrogen and oxygen atoms in total. The smallest absolute Gasteiger partial charge is 0.170 e. The van der Waals surface area contributed by atoms with Gasteiger partial charge in [-0.25, -0.2) is 0 Å². The molecule has 2 rings (SSSR count). The first-order valence-electron chi connectivity index (χ1n) is 11.0. The van der Waals surface area contributed by atoms with E-state index in [-0.39, 0.29) is 20.8 Å². The van der Waals surface area contributed by atoms with Crippen molar-refractivity contribution in [3.63, 3.8) is 0 Å². The number of rotatable bonds is 2. The average Bonchev–Trinajstić information content (AvgIpc) is 2.79. The van der Waals surface area contributed by atoms with E-state index in [1.165, 1.54) is 12.1 Å². The van der Waals surface area contributed by atoms with Crippen LogP contribution in [0.15, 0.2) is 54.6 Å². The van der Waals surface area contributed by atoms with Gasteiger partial charge in [-0.15, -0.1) is 0 Å². The molecule has 0 unspecified atom stereocenters. The van der Waals surface area contributed by atoms with Crippen molar-refractivity contribution in [2.75, 3.05) is 0 Å². The highest BCUT2D eigenvalue weighted by atomic mass is 19.4. The van der Waals surface area contributed by atoms with Crippen LogP contribution >= 0.6 is 0 Å². The van der Waals surface area contributed by atoms with Crippen molar-refractivity contribution in [1.29, 1.82) is 0 Å². The van der Waals surface area contributed by atoms with Crippen LogP contribution in [0, 0.1) is 5.41 Å². The van der Waals surface area contributed by atoms with Gasteiger partial charge in [-0.05, 0) is 37.5 Å². The fraction of sp³-hybridized carbons (Fsp3) is 0.520. The predicted molar refractivity (Wildman–Crippen MR) is 120 cm³/mol. The van der Waals surface area contributed by atoms with E-state index in [1.54, 1.807) is 30.3 Å². The Morgan fingerprint density at radius 1 is 0.405 bits per heavy atom. The van der Waals surface area contributed by atoms with Gasteiger partial charge in [-0.1, -0.05) is 82.3 Å². The lowest BCUT2D eigenvalue weighted by atomic mass is 9.80. The molecule has 0 heterocycles. The minimum atomic E-state index is -5.43. The van der Waals surface area contributed by atoms with Crippen molar-refractivity contribution in [1.82, 2.24) is 0 Å². The fourth-order valence-corrected chi connectivity index (χ4v) is 2.28. The Bertz CT molecular complexity index is 855. The lowest BCUT2D eigenvalue weighted by Gasteiger charge is -2.34. The summed E-state index contributed by atoms with van der Waals surface area (Å²) in [7, 11) is 0. The van der Waals surface area contributed by atoms with Gasteiger partial charge in [0.1, 0.15) is 0 Å². The molecule has 0 N–H and O–H groups in total. The molecule has 0 aliphatic carbocycles. The van der Waals surface area contributed by atoms with Crippen LogP contribution in [0.1, 0.15) is 54.0 Å². The zero-order chi connectivity index (χ0) is 30.1. The zero-order valence-electron chi connectivity index (χ0n) is 21.2. The molecule has 0 aliphatic rings. The average molecular weight is 558 g/mol. The summed E-state index contributed by atoms with van der Waals surface area (Å²) in [5.74, 6) is 0. The molecule has 214 valence electrons. The summed E-state index contributed by atoms with van der Waals surface area (Å²) in [6.45, 7) is 8.37. The van der Waals surface area contributed by atoms with Crippen LogP contribution in [0.5, 0.6) is 0 Å². The molecule has 0 saturated heterocycles. The van der Waals surface area contributed by atoms with E-state index in [0.29, 0.717) is 5.56 Å². The van der Waals surface area contributed by atoms with Crippen LogP contribution in [0.4, 0.5) is 52.7 Å². The molecule has 0 atom stereocenters. The maximum Gasteiger partial charge on any atom is 0.406 e. The van der Waals surface area contributed by atoms with E-state index < -0.39 is 41.1 Å². The molecule has 0 amide bonds. The topological polar surface area (TPSA) is 0 Å². The summed E-state index contributed by atoms with van der Waals surface area (Å²) in [5.41, 5.74) is -7.08. The molecule has 2 aromatic carbocycles. The Labute approximate surface area is 208 Å². The minimum Gasteiger partial charge on any atom is -0.170 e. The molecule has 0 fully saturated rings. The summed E-state index contributed by atoms with van der Waals surface area (Å²) >= 11 is 0. The molecule has 37 heavy (non-hydrogen) atoms. The van der Waals surface area contributed by atoms with E-state index in [1.807, 2.05) is 27.7 Å². The Hall–Kier alpha value is -2.40. The first-order valence-corrected chi connectivity index (χ1v) is 11.0. The van der Waals surface area contributed by atoms with Gasteiger partial charge in [0.2, 0.25) is 0 Å². The van der Waals surface area contributed by atoms with E-state index in [2.05, 4.69) is 0 Å². The van der Waals surface area contributed by atoms with Crippen LogP contribution in [-0.2, 0) is 5.41 Å². The van der Waals surface area contributed by atoms with Gasteiger partial charge in [-0.2, -0.15) is 52.7 Å². The third kappa shape index (κ3) is 8.84. The number of hydrogen-bond acceptors (Lipinski definition) is 0. The van der Waals surface area contributed by atoms with Crippen molar-refractivity contribution in [2.45, 2.75) is 78.6 Å². The second-order valence-corrected chi connectivity index (χ2v) is 7.68. The lowest BCUT2D eigenvalue weighted by Crippen LogP contribution is -2.51. The number of alkyl halides is 12. The van der Waals surface area contributed by atoms with Crippen LogP contribution in [0.25, 0.3) is 11.1 Å². The maximum atomic E-state index is 13.0. The largest absolute Gasteiger partial charge is 0.406 e. The van der Waals surface area contributed by atoms with Crippen molar-refractivity contribution in [2.24, 2.45) is 5.41 Å². The van der Waals surface area contributed by atoms with E-state index in [0.717, 1.165) is 17.7 Å². The van der Waals surface area contributed by atoms with Gasteiger partial charge < -0.3 is 0 Å². The predicted octanol–water partition coefficient (Wildman–Crippen LogP) is 10.9. The molecule has 0 spiro atoms. The Morgan fingerprint density at radius 2 is 0.703 bits per heavy atom. The summed E-state index contributed by atoms with van der Waals surface area (Å²) in [6.07, 6.45) is -21.4. The van der Waals surface area contributed by atoms with E-state index in [4.69, 9.17) is 0 Å². The summed E-state index contributed by atoms with van der Waals surface area (Å²) in [5, 5.41) is 0. The van der Waals surface area contributed by atoms with Crippen molar-refractivity contribution >= 4 is 0 Å². The quantitative estimate of drug-likeness (QED) is 0.322. The van der Waals surface area contributed by atoms with Gasteiger partial charge in [0, 0.05) is 0 Å². The maximum absolute atomic E-state index is 13.0. The highest BCUT2D eigenvalue weighted by Crippen LogP contribution is 2.52. The first kappa shape index (κ1) is 36.8. The minimum absolute atomic E-state index is 0.104. The van der Waals surface area contributed by atoms with Crippen LogP contribution in [0.2, 0.25) is 0 Å². The highest BCUT2D eigenvalue weighted by Gasteiger charge is 2.68. The highest BCUT2D eigenvalue weighted by molar-refractivity contribution is 5.63.